The lowest BCUT2D eigenvalue weighted by Crippen LogP contribution is -2.08. The maximum Gasteiger partial charge on any atom is 0.336 e. The van der Waals surface area contributed by atoms with E-state index in [1.54, 1.807) is 33.3 Å². The fraction of sp³-hybridized carbons (Fsp3) is 0.273. The van der Waals surface area contributed by atoms with Crippen LogP contribution in [0, 0.1) is 6.92 Å². The molecule has 2 aromatic carbocycles. The van der Waals surface area contributed by atoms with Gasteiger partial charge in [0, 0.05) is 29.0 Å². The van der Waals surface area contributed by atoms with Gasteiger partial charge in [0.2, 0.25) is 0 Å². The van der Waals surface area contributed by atoms with Gasteiger partial charge in [-0.05, 0) is 43.2 Å². The first-order valence-electron chi connectivity index (χ1n) is 9.04. The Morgan fingerprint density at radius 2 is 1.83 bits per heavy atom. The number of carbonyl (C=O) groups excluding carboxylic acids is 1. The third-order valence-electron chi connectivity index (χ3n) is 4.67. The number of phenolic OH excluding ortho intramolecular Hbond substituents is 1. The molecule has 0 saturated carbocycles. The highest BCUT2D eigenvalue weighted by Gasteiger charge is 2.13. The summed E-state index contributed by atoms with van der Waals surface area (Å²) in [5, 5.41) is 10.4. The Labute approximate surface area is 167 Å². The second kappa shape index (κ2) is 8.68. The largest absolute Gasteiger partial charge is 0.508 e. The van der Waals surface area contributed by atoms with Crippen LogP contribution in [0.15, 0.2) is 45.6 Å². The fourth-order valence-corrected chi connectivity index (χ4v) is 3.05. The molecule has 0 atom stereocenters. The molecule has 3 rings (SSSR count). The van der Waals surface area contributed by atoms with E-state index in [1.165, 1.54) is 12.1 Å². The minimum absolute atomic E-state index is 0.0321. The van der Waals surface area contributed by atoms with E-state index in [0.29, 0.717) is 34.4 Å². The van der Waals surface area contributed by atoms with E-state index in [2.05, 4.69) is 0 Å². The van der Waals surface area contributed by atoms with Crippen molar-refractivity contribution in [1.29, 1.82) is 0 Å². The van der Waals surface area contributed by atoms with E-state index in [9.17, 15) is 14.7 Å². The first-order valence-corrected chi connectivity index (χ1v) is 9.04. The Kier molecular flexibility index (Phi) is 6.07. The van der Waals surface area contributed by atoms with Crippen molar-refractivity contribution >= 4 is 16.9 Å². The lowest BCUT2D eigenvalue weighted by atomic mass is 10.1. The predicted octanol–water partition coefficient (Wildman–Crippen LogP) is 3.50. The van der Waals surface area contributed by atoms with Crippen LogP contribution in [0.2, 0.25) is 0 Å². The average Bonchev–Trinajstić information content (AvgIpc) is 2.73. The third-order valence-corrected chi connectivity index (χ3v) is 4.67. The number of hydrogen-bond acceptors (Lipinski definition) is 7. The second-order valence-electron chi connectivity index (χ2n) is 6.53. The van der Waals surface area contributed by atoms with Crippen molar-refractivity contribution in [3.8, 4) is 17.2 Å². The molecule has 0 aliphatic heterocycles. The summed E-state index contributed by atoms with van der Waals surface area (Å²) in [6.45, 7) is 1.59. The van der Waals surface area contributed by atoms with E-state index in [0.717, 1.165) is 5.56 Å². The van der Waals surface area contributed by atoms with Crippen LogP contribution >= 0.6 is 0 Å². The molecule has 3 aromatic rings. The molecule has 1 N–H and O–H groups in total. The van der Waals surface area contributed by atoms with Gasteiger partial charge < -0.3 is 23.7 Å². The Morgan fingerprint density at radius 3 is 2.55 bits per heavy atom. The minimum Gasteiger partial charge on any atom is -0.508 e. The van der Waals surface area contributed by atoms with Gasteiger partial charge in [0.05, 0.1) is 14.2 Å². The van der Waals surface area contributed by atoms with Crippen molar-refractivity contribution in [2.24, 2.45) is 0 Å². The smallest absolute Gasteiger partial charge is 0.336 e. The van der Waals surface area contributed by atoms with Gasteiger partial charge in [0.1, 0.15) is 17.9 Å². The molecule has 0 aliphatic rings. The molecular weight excluding hydrogens is 376 g/mol. The molecule has 152 valence electrons. The van der Waals surface area contributed by atoms with Crippen LogP contribution in [0.4, 0.5) is 0 Å². The highest BCUT2D eigenvalue weighted by atomic mass is 16.5. The summed E-state index contributed by atoms with van der Waals surface area (Å²) in [7, 11) is 3.11. The first-order chi connectivity index (χ1) is 13.9. The molecule has 0 unspecified atom stereocenters. The van der Waals surface area contributed by atoms with Crippen LogP contribution in [0.5, 0.6) is 17.2 Å². The lowest BCUT2D eigenvalue weighted by molar-refractivity contribution is -0.144. The van der Waals surface area contributed by atoms with Gasteiger partial charge in [0.25, 0.3) is 0 Å². The molecule has 0 bridgehead atoms. The van der Waals surface area contributed by atoms with Crippen LogP contribution in [0.25, 0.3) is 11.0 Å². The number of ether oxygens (including phenoxy) is 3. The molecular formula is C22H22O7. The molecule has 0 radical (unpaired) electrons. The zero-order chi connectivity index (χ0) is 21.0. The maximum atomic E-state index is 12.2. The fourth-order valence-electron chi connectivity index (χ4n) is 3.05. The molecule has 0 saturated heterocycles. The normalized spacial score (nSPS) is 10.7. The van der Waals surface area contributed by atoms with Gasteiger partial charge in [-0.1, -0.05) is 6.07 Å². The highest BCUT2D eigenvalue weighted by molar-refractivity contribution is 5.85. The molecule has 1 heterocycles. The van der Waals surface area contributed by atoms with E-state index in [-0.39, 0.29) is 24.4 Å². The maximum absolute atomic E-state index is 12.2. The topological polar surface area (TPSA) is 95.2 Å². The number of aromatic hydroxyl groups is 1. The number of carbonyl (C=O) groups is 1. The Hall–Kier alpha value is -3.48. The van der Waals surface area contributed by atoms with Crippen molar-refractivity contribution in [3.05, 3.63) is 63.5 Å². The number of rotatable bonds is 7. The van der Waals surface area contributed by atoms with Crippen molar-refractivity contribution in [1.82, 2.24) is 0 Å². The summed E-state index contributed by atoms with van der Waals surface area (Å²) in [5.41, 5.74) is 1.62. The molecule has 0 spiro atoms. The number of benzene rings is 2. The first kappa shape index (κ1) is 20.3. The Bertz CT molecular complexity index is 1100. The van der Waals surface area contributed by atoms with Crippen molar-refractivity contribution in [2.45, 2.75) is 26.4 Å². The molecule has 0 fully saturated rings. The second-order valence-corrected chi connectivity index (χ2v) is 6.53. The van der Waals surface area contributed by atoms with Gasteiger partial charge in [0.15, 0.2) is 11.5 Å². The van der Waals surface area contributed by atoms with Crippen molar-refractivity contribution in [2.75, 3.05) is 14.2 Å². The Morgan fingerprint density at radius 1 is 1.07 bits per heavy atom. The zero-order valence-corrected chi connectivity index (χ0v) is 16.5. The molecule has 7 heteroatoms. The Balaban J connectivity index is 1.67. The van der Waals surface area contributed by atoms with Gasteiger partial charge in [-0.25, -0.2) is 4.79 Å². The van der Waals surface area contributed by atoms with Gasteiger partial charge in [-0.15, -0.1) is 0 Å². The van der Waals surface area contributed by atoms with Crippen LogP contribution in [-0.2, 0) is 22.6 Å². The van der Waals surface area contributed by atoms with Crippen molar-refractivity contribution in [3.63, 3.8) is 0 Å². The van der Waals surface area contributed by atoms with Gasteiger partial charge >= 0.3 is 11.6 Å². The van der Waals surface area contributed by atoms with Crippen molar-refractivity contribution < 1.29 is 28.5 Å². The van der Waals surface area contributed by atoms with Gasteiger partial charge in [-0.2, -0.15) is 0 Å². The quantitative estimate of drug-likeness (QED) is 0.481. The van der Waals surface area contributed by atoms with Gasteiger partial charge in [-0.3, -0.25) is 4.79 Å². The van der Waals surface area contributed by atoms with Crippen LogP contribution in [0.3, 0.4) is 0 Å². The standard InChI is InChI=1S/C22H22O7/c1-13-17(23)7-6-16-15(11-21(25)29-22(13)16)12-28-20(24)9-5-14-4-8-18(26-2)19(10-14)27-3/h4,6-8,10-11,23H,5,9,12H2,1-3H3. The van der Waals surface area contributed by atoms with E-state index in [4.69, 9.17) is 18.6 Å². The zero-order valence-electron chi connectivity index (χ0n) is 16.5. The average molecular weight is 398 g/mol. The summed E-state index contributed by atoms with van der Waals surface area (Å²) in [5.74, 6) is 0.857. The summed E-state index contributed by atoms with van der Waals surface area (Å²) in [6, 6.07) is 9.90. The number of hydrogen-bond donors (Lipinski definition) is 1. The number of methoxy groups -OCH3 is 2. The number of phenols is 1. The number of fused-ring (bicyclic) bond motifs is 1. The molecule has 0 aliphatic carbocycles. The molecule has 7 nitrogen and oxygen atoms in total. The molecule has 1 aromatic heterocycles. The van der Waals surface area contributed by atoms with Crippen LogP contribution in [-0.4, -0.2) is 25.3 Å². The third kappa shape index (κ3) is 4.51. The lowest BCUT2D eigenvalue weighted by Gasteiger charge is -2.10. The summed E-state index contributed by atoms with van der Waals surface area (Å²) >= 11 is 0. The highest BCUT2D eigenvalue weighted by Crippen LogP contribution is 2.29. The SMILES string of the molecule is COc1ccc(CCC(=O)OCc2cc(=O)oc3c(C)c(O)ccc23)cc1OC. The summed E-state index contributed by atoms with van der Waals surface area (Å²) < 4.78 is 21.0. The number of esters is 1. The number of aryl methyl sites for hydroxylation is 2. The molecule has 0 amide bonds. The van der Waals surface area contributed by atoms with E-state index in [1.807, 2.05) is 12.1 Å². The predicted molar refractivity (Wildman–Crippen MR) is 107 cm³/mol. The monoisotopic (exact) mass is 398 g/mol. The van der Waals surface area contributed by atoms with E-state index < -0.39 is 11.6 Å². The van der Waals surface area contributed by atoms with Crippen LogP contribution < -0.4 is 15.1 Å². The minimum atomic E-state index is -0.567. The van der Waals surface area contributed by atoms with Crippen LogP contribution in [0.1, 0.15) is 23.1 Å². The summed E-state index contributed by atoms with van der Waals surface area (Å²) in [4.78, 5) is 24.0. The summed E-state index contributed by atoms with van der Waals surface area (Å²) in [6.07, 6.45) is 0.651. The van der Waals surface area contributed by atoms with E-state index >= 15 is 0 Å². The molecule has 29 heavy (non-hydrogen) atoms.